The summed E-state index contributed by atoms with van der Waals surface area (Å²) in [6.45, 7) is 0. The predicted molar refractivity (Wildman–Crippen MR) is 81.2 cm³/mol. The Morgan fingerprint density at radius 1 is 1.15 bits per heavy atom. The van der Waals surface area contributed by atoms with Crippen molar-refractivity contribution in [2.75, 3.05) is 0 Å². The van der Waals surface area contributed by atoms with E-state index in [0.717, 1.165) is 27.6 Å². The van der Waals surface area contributed by atoms with Crippen molar-refractivity contribution in [1.29, 1.82) is 0 Å². The van der Waals surface area contributed by atoms with E-state index in [1.54, 1.807) is 29.4 Å². The number of hydrogen-bond donors (Lipinski definition) is 0. The molecule has 3 rings (SSSR count). The minimum atomic E-state index is -0.198. The summed E-state index contributed by atoms with van der Waals surface area (Å²) in [7, 11) is 0. The smallest absolute Gasteiger partial charge is 0.236 e. The van der Waals surface area contributed by atoms with Crippen molar-refractivity contribution in [1.82, 2.24) is 4.98 Å². The zero-order chi connectivity index (χ0) is 13.8. The summed E-state index contributed by atoms with van der Waals surface area (Å²) in [6.07, 6.45) is 1.70. The van der Waals surface area contributed by atoms with Crippen LogP contribution in [0.15, 0.2) is 52.5 Å². The second kappa shape index (κ2) is 6.24. The second-order valence-electron chi connectivity index (χ2n) is 4.24. The number of oxazole rings is 1. The van der Waals surface area contributed by atoms with Crippen LogP contribution >= 0.6 is 23.1 Å². The maximum atomic E-state index is 12.8. The van der Waals surface area contributed by atoms with E-state index >= 15 is 0 Å². The van der Waals surface area contributed by atoms with Gasteiger partial charge in [-0.1, -0.05) is 18.2 Å². The lowest BCUT2D eigenvalue weighted by Gasteiger charge is -1.99. The van der Waals surface area contributed by atoms with Gasteiger partial charge in [0.1, 0.15) is 12.1 Å². The molecule has 0 radical (unpaired) electrons. The molecule has 0 unspecified atom stereocenters. The van der Waals surface area contributed by atoms with E-state index in [0.29, 0.717) is 5.89 Å². The molecule has 0 atom stereocenters. The topological polar surface area (TPSA) is 26.0 Å². The summed E-state index contributed by atoms with van der Waals surface area (Å²) in [6, 6.07) is 10.6. The van der Waals surface area contributed by atoms with Gasteiger partial charge in [-0.25, -0.2) is 9.37 Å². The molecule has 2 aromatic heterocycles. The van der Waals surface area contributed by atoms with Gasteiger partial charge in [0.25, 0.3) is 0 Å². The molecule has 5 heteroatoms. The van der Waals surface area contributed by atoms with E-state index in [4.69, 9.17) is 4.42 Å². The van der Waals surface area contributed by atoms with Crippen molar-refractivity contribution in [3.05, 3.63) is 65.1 Å². The van der Waals surface area contributed by atoms with Gasteiger partial charge in [0.15, 0.2) is 0 Å². The molecule has 0 aliphatic heterocycles. The van der Waals surface area contributed by atoms with Gasteiger partial charge in [-0.3, -0.25) is 0 Å². The number of halogens is 1. The minimum absolute atomic E-state index is 0.198. The SMILES string of the molecule is Fc1ccc(CSCc2coc(-c3cccs3)n2)cc1. The first kappa shape index (κ1) is 13.4. The van der Waals surface area contributed by atoms with E-state index in [9.17, 15) is 4.39 Å². The quantitative estimate of drug-likeness (QED) is 0.665. The molecule has 0 N–H and O–H groups in total. The fourth-order valence-corrected chi connectivity index (χ4v) is 3.27. The van der Waals surface area contributed by atoms with Gasteiger partial charge in [0.2, 0.25) is 5.89 Å². The average Bonchev–Trinajstić information content (AvgIpc) is 3.11. The first-order chi connectivity index (χ1) is 9.81. The Balaban J connectivity index is 1.55. The van der Waals surface area contributed by atoms with Crippen molar-refractivity contribution in [3.8, 4) is 10.8 Å². The number of rotatable bonds is 5. The second-order valence-corrected chi connectivity index (χ2v) is 6.17. The van der Waals surface area contributed by atoms with E-state index in [2.05, 4.69) is 4.98 Å². The van der Waals surface area contributed by atoms with Gasteiger partial charge in [0.05, 0.1) is 10.6 Å². The van der Waals surface area contributed by atoms with Crippen LogP contribution < -0.4 is 0 Å². The van der Waals surface area contributed by atoms with Crippen molar-refractivity contribution >= 4 is 23.1 Å². The molecular formula is C15H12FNOS2. The van der Waals surface area contributed by atoms with Crippen LogP contribution in [0.5, 0.6) is 0 Å². The third kappa shape index (κ3) is 3.29. The van der Waals surface area contributed by atoms with Crippen LogP contribution in [0.1, 0.15) is 11.3 Å². The van der Waals surface area contributed by atoms with Crippen LogP contribution in [0.2, 0.25) is 0 Å². The number of thioether (sulfide) groups is 1. The van der Waals surface area contributed by atoms with E-state index in [1.165, 1.54) is 12.1 Å². The van der Waals surface area contributed by atoms with Crippen LogP contribution in [0.4, 0.5) is 4.39 Å². The predicted octanol–water partition coefficient (Wildman–Crippen LogP) is 4.98. The summed E-state index contributed by atoms with van der Waals surface area (Å²) < 4.78 is 18.2. The van der Waals surface area contributed by atoms with E-state index in [-0.39, 0.29) is 5.82 Å². The maximum absolute atomic E-state index is 12.8. The van der Waals surface area contributed by atoms with Crippen LogP contribution in [0.25, 0.3) is 10.8 Å². The van der Waals surface area contributed by atoms with Gasteiger partial charge in [-0.15, -0.1) is 11.3 Å². The normalized spacial score (nSPS) is 10.8. The monoisotopic (exact) mass is 305 g/mol. The molecule has 2 nitrogen and oxygen atoms in total. The Morgan fingerprint density at radius 3 is 2.75 bits per heavy atom. The molecular weight excluding hydrogens is 293 g/mol. The Hall–Kier alpha value is -1.59. The molecule has 1 aromatic carbocycles. The van der Waals surface area contributed by atoms with E-state index in [1.807, 2.05) is 29.6 Å². The highest BCUT2D eigenvalue weighted by Crippen LogP contribution is 2.25. The highest BCUT2D eigenvalue weighted by atomic mass is 32.2. The van der Waals surface area contributed by atoms with Crippen LogP contribution in [-0.2, 0) is 11.5 Å². The molecule has 0 aliphatic carbocycles. The lowest BCUT2D eigenvalue weighted by molar-refractivity contribution is 0.575. The Morgan fingerprint density at radius 2 is 2.00 bits per heavy atom. The van der Waals surface area contributed by atoms with Gasteiger partial charge < -0.3 is 4.42 Å². The molecule has 0 aliphatic rings. The van der Waals surface area contributed by atoms with Crippen molar-refractivity contribution in [2.24, 2.45) is 0 Å². The zero-order valence-corrected chi connectivity index (χ0v) is 12.2. The third-order valence-electron chi connectivity index (χ3n) is 2.72. The fraction of sp³-hybridized carbons (Fsp3) is 0.133. The average molecular weight is 305 g/mol. The molecule has 0 spiro atoms. The minimum Gasteiger partial charge on any atom is -0.444 e. The number of thiophene rings is 1. The van der Waals surface area contributed by atoms with Crippen molar-refractivity contribution in [2.45, 2.75) is 11.5 Å². The maximum Gasteiger partial charge on any atom is 0.236 e. The molecule has 0 bridgehead atoms. The molecule has 3 aromatic rings. The molecule has 0 fully saturated rings. The third-order valence-corrected chi connectivity index (χ3v) is 4.61. The summed E-state index contributed by atoms with van der Waals surface area (Å²) >= 11 is 3.35. The van der Waals surface area contributed by atoms with Crippen LogP contribution in [0, 0.1) is 5.82 Å². The van der Waals surface area contributed by atoms with Gasteiger partial charge in [-0.2, -0.15) is 11.8 Å². The zero-order valence-electron chi connectivity index (χ0n) is 10.6. The molecule has 2 heterocycles. The van der Waals surface area contributed by atoms with Crippen molar-refractivity contribution < 1.29 is 8.81 Å². The fourth-order valence-electron chi connectivity index (χ4n) is 1.74. The van der Waals surface area contributed by atoms with Crippen LogP contribution in [0.3, 0.4) is 0 Å². The lowest BCUT2D eigenvalue weighted by Crippen LogP contribution is -1.84. The summed E-state index contributed by atoms with van der Waals surface area (Å²) in [4.78, 5) is 5.50. The molecule has 102 valence electrons. The largest absolute Gasteiger partial charge is 0.444 e. The Bertz CT molecular complexity index is 662. The molecule has 0 amide bonds. The first-order valence-electron chi connectivity index (χ1n) is 6.12. The number of aromatic nitrogens is 1. The number of nitrogens with zero attached hydrogens (tertiary/aromatic N) is 1. The Kier molecular flexibility index (Phi) is 4.18. The first-order valence-corrected chi connectivity index (χ1v) is 8.15. The van der Waals surface area contributed by atoms with Gasteiger partial charge in [-0.05, 0) is 29.1 Å². The summed E-state index contributed by atoms with van der Waals surface area (Å²) in [5.41, 5.74) is 2.04. The van der Waals surface area contributed by atoms with Gasteiger partial charge in [0, 0.05) is 11.5 Å². The summed E-state index contributed by atoms with van der Waals surface area (Å²) in [5, 5.41) is 2.00. The summed E-state index contributed by atoms with van der Waals surface area (Å²) in [5.74, 6) is 2.10. The number of hydrogen-bond acceptors (Lipinski definition) is 4. The standard InChI is InChI=1S/C15H12FNOS2/c16-12-5-3-11(4-6-12)9-19-10-13-8-18-15(17-13)14-2-1-7-20-14/h1-8H,9-10H2. The number of benzene rings is 1. The van der Waals surface area contributed by atoms with Crippen LogP contribution in [-0.4, -0.2) is 4.98 Å². The highest BCUT2D eigenvalue weighted by molar-refractivity contribution is 7.97. The Labute approximate surface area is 124 Å². The highest BCUT2D eigenvalue weighted by Gasteiger charge is 2.07. The van der Waals surface area contributed by atoms with Crippen molar-refractivity contribution in [3.63, 3.8) is 0 Å². The lowest BCUT2D eigenvalue weighted by atomic mass is 10.2. The molecule has 0 saturated heterocycles. The molecule has 0 saturated carbocycles. The molecule has 20 heavy (non-hydrogen) atoms. The van der Waals surface area contributed by atoms with E-state index < -0.39 is 0 Å². The van der Waals surface area contributed by atoms with Gasteiger partial charge >= 0.3 is 0 Å².